The highest BCUT2D eigenvalue weighted by Crippen LogP contribution is 2.43. The predicted octanol–water partition coefficient (Wildman–Crippen LogP) is 4.42. The van der Waals surface area contributed by atoms with Gasteiger partial charge in [0.1, 0.15) is 0 Å². The highest BCUT2D eigenvalue weighted by atomic mass is 16.2. The number of hydrogen-bond donors (Lipinski definition) is 0. The lowest BCUT2D eigenvalue weighted by Gasteiger charge is -2.39. The molecule has 1 fully saturated rings. The van der Waals surface area contributed by atoms with Gasteiger partial charge in [0.2, 0.25) is 5.91 Å². The van der Waals surface area contributed by atoms with Crippen molar-refractivity contribution >= 4 is 17.7 Å². The van der Waals surface area contributed by atoms with Crippen molar-refractivity contribution in [3.63, 3.8) is 0 Å². The zero-order chi connectivity index (χ0) is 19.0. The fourth-order valence-corrected chi connectivity index (χ4v) is 5.24. The van der Waals surface area contributed by atoms with Crippen molar-refractivity contribution in [2.24, 2.45) is 0 Å². The molecule has 1 spiro atoms. The first-order valence-electron chi connectivity index (χ1n) is 10.6. The molecule has 1 amide bonds. The quantitative estimate of drug-likeness (QED) is 0.793. The number of rotatable bonds is 4. The lowest BCUT2D eigenvalue weighted by Crippen LogP contribution is -2.42. The van der Waals surface area contributed by atoms with Crippen LogP contribution in [0.1, 0.15) is 42.4 Å². The maximum absolute atomic E-state index is 12.4. The number of piperidine rings is 1. The van der Waals surface area contributed by atoms with Crippen molar-refractivity contribution in [3.8, 4) is 0 Å². The Morgan fingerprint density at radius 2 is 1.68 bits per heavy atom. The van der Waals surface area contributed by atoms with Gasteiger partial charge in [-0.3, -0.25) is 4.79 Å². The summed E-state index contributed by atoms with van der Waals surface area (Å²) in [4.78, 5) is 17.0. The smallest absolute Gasteiger partial charge is 0.227 e. The molecule has 0 radical (unpaired) electrons. The van der Waals surface area contributed by atoms with E-state index in [0.29, 0.717) is 6.42 Å². The van der Waals surface area contributed by atoms with Gasteiger partial charge < -0.3 is 9.80 Å². The van der Waals surface area contributed by atoms with Gasteiger partial charge in [0.15, 0.2) is 0 Å². The molecule has 1 aliphatic carbocycles. The summed E-state index contributed by atoms with van der Waals surface area (Å²) in [7, 11) is 0. The van der Waals surface area contributed by atoms with E-state index in [2.05, 4.69) is 59.5 Å². The molecule has 0 aromatic heterocycles. The number of benzene rings is 2. The summed E-state index contributed by atoms with van der Waals surface area (Å²) in [5, 5.41) is 0. The molecule has 2 heterocycles. The van der Waals surface area contributed by atoms with Gasteiger partial charge in [0.25, 0.3) is 0 Å². The largest absolute Gasteiger partial charge is 0.312 e. The zero-order valence-corrected chi connectivity index (χ0v) is 16.4. The zero-order valence-electron chi connectivity index (χ0n) is 16.4. The van der Waals surface area contributed by atoms with Crippen LogP contribution in [0, 0.1) is 0 Å². The first-order chi connectivity index (χ1) is 13.8. The number of aryl methyl sites for hydroxylation is 1. The number of carbonyl (C=O) groups excluding carboxylic acids is 1. The Morgan fingerprint density at radius 3 is 2.57 bits per heavy atom. The van der Waals surface area contributed by atoms with Crippen LogP contribution < -0.4 is 4.90 Å². The molecule has 1 saturated heterocycles. The summed E-state index contributed by atoms with van der Waals surface area (Å²) in [5.41, 5.74) is 5.62. The lowest BCUT2D eigenvalue weighted by atomic mass is 9.74. The third-order valence-corrected chi connectivity index (χ3v) is 6.88. The average molecular weight is 373 g/mol. The summed E-state index contributed by atoms with van der Waals surface area (Å²) in [6, 6.07) is 17.2. The summed E-state index contributed by atoms with van der Waals surface area (Å²) in [6.07, 6.45) is 9.73. The monoisotopic (exact) mass is 372 g/mol. The first kappa shape index (κ1) is 17.7. The van der Waals surface area contributed by atoms with Crippen LogP contribution in [-0.4, -0.2) is 37.0 Å². The van der Waals surface area contributed by atoms with E-state index in [-0.39, 0.29) is 11.3 Å². The van der Waals surface area contributed by atoms with Crippen molar-refractivity contribution < 1.29 is 4.79 Å². The molecule has 0 unspecified atom stereocenters. The van der Waals surface area contributed by atoms with Crippen LogP contribution in [0.2, 0.25) is 0 Å². The van der Waals surface area contributed by atoms with Crippen LogP contribution in [0.15, 0.2) is 54.6 Å². The topological polar surface area (TPSA) is 23.6 Å². The Balaban J connectivity index is 1.17. The number of fused-ring (bicyclic) bond motifs is 3. The van der Waals surface area contributed by atoms with Crippen LogP contribution in [0.25, 0.3) is 6.08 Å². The summed E-state index contributed by atoms with van der Waals surface area (Å²) < 4.78 is 0. The third kappa shape index (κ3) is 3.08. The Morgan fingerprint density at radius 1 is 0.893 bits per heavy atom. The number of hydrogen-bond acceptors (Lipinski definition) is 2. The van der Waals surface area contributed by atoms with Gasteiger partial charge >= 0.3 is 0 Å². The van der Waals surface area contributed by atoms with Gasteiger partial charge in [-0.15, -0.1) is 0 Å². The van der Waals surface area contributed by atoms with Gasteiger partial charge in [0.05, 0.1) is 0 Å². The van der Waals surface area contributed by atoms with Gasteiger partial charge in [-0.2, -0.15) is 0 Å². The second-order valence-corrected chi connectivity index (χ2v) is 8.45. The molecule has 0 bridgehead atoms. The number of para-hydroxylation sites is 1. The molecule has 144 valence electrons. The minimum Gasteiger partial charge on any atom is -0.312 e. The second kappa shape index (κ2) is 7.21. The Labute approximate surface area is 167 Å². The molecule has 0 N–H and O–H groups in total. The molecule has 28 heavy (non-hydrogen) atoms. The normalized spacial score (nSPS) is 20.4. The van der Waals surface area contributed by atoms with Gasteiger partial charge in [-0.25, -0.2) is 0 Å². The predicted molar refractivity (Wildman–Crippen MR) is 115 cm³/mol. The highest BCUT2D eigenvalue weighted by molar-refractivity contribution is 5.96. The van der Waals surface area contributed by atoms with Crippen LogP contribution in [0.5, 0.6) is 0 Å². The number of likely N-dealkylation sites (tertiary alicyclic amines) is 1. The van der Waals surface area contributed by atoms with E-state index in [4.69, 9.17) is 0 Å². The highest BCUT2D eigenvalue weighted by Gasteiger charge is 2.37. The minimum absolute atomic E-state index is 0.259. The van der Waals surface area contributed by atoms with Crippen molar-refractivity contribution in [1.82, 2.24) is 4.90 Å². The number of nitrogens with zero attached hydrogens (tertiary/aromatic N) is 2. The van der Waals surface area contributed by atoms with E-state index >= 15 is 0 Å². The van der Waals surface area contributed by atoms with Crippen LogP contribution >= 0.6 is 0 Å². The van der Waals surface area contributed by atoms with Crippen LogP contribution in [-0.2, 0) is 16.6 Å². The third-order valence-electron chi connectivity index (χ3n) is 6.88. The Kier molecular flexibility index (Phi) is 4.56. The summed E-state index contributed by atoms with van der Waals surface area (Å²) in [6.45, 7) is 4.19. The van der Waals surface area contributed by atoms with E-state index in [1.807, 2.05) is 11.0 Å². The molecule has 5 rings (SSSR count). The molecular weight excluding hydrogens is 344 g/mol. The molecule has 2 aromatic carbocycles. The molecule has 2 aliphatic heterocycles. The Hall–Kier alpha value is -2.39. The minimum atomic E-state index is 0.259. The summed E-state index contributed by atoms with van der Waals surface area (Å²) >= 11 is 0. The van der Waals surface area contributed by atoms with E-state index in [0.717, 1.165) is 44.7 Å². The van der Waals surface area contributed by atoms with E-state index in [9.17, 15) is 4.79 Å². The van der Waals surface area contributed by atoms with Crippen LogP contribution in [0.4, 0.5) is 5.69 Å². The number of amides is 1. The standard InChI is InChI=1S/C25H28N2O/c28-24-11-10-21-7-2-4-9-23(21)27(24)17-5-16-26-18-14-25(15-19-26)13-12-20-6-1-3-8-22(20)25/h1-4,6-9,12-13H,5,10-11,14-19H2. The molecule has 3 aliphatic rings. The molecule has 0 saturated carbocycles. The van der Waals surface area contributed by atoms with Crippen molar-refractivity contribution in [2.45, 2.75) is 37.5 Å². The van der Waals surface area contributed by atoms with Crippen molar-refractivity contribution in [2.75, 3.05) is 31.1 Å². The van der Waals surface area contributed by atoms with E-state index in [1.54, 1.807) is 0 Å². The molecular formula is C25H28N2O. The fraction of sp³-hybridized carbons (Fsp3) is 0.400. The Bertz CT molecular complexity index is 908. The molecule has 3 nitrogen and oxygen atoms in total. The van der Waals surface area contributed by atoms with E-state index in [1.165, 1.54) is 29.5 Å². The molecule has 3 heteroatoms. The summed E-state index contributed by atoms with van der Waals surface area (Å²) in [5.74, 6) is 0.281. The van der Waals surface area contributed by atoms with Gasteiger partial charge in [-0.1, -0.05) is 54.6 Å². The van der Waals surface area contributed by atoms with Crippen LogP contribution in [0.3, 0.4) is 0 Å². The SMILES string of the molecule is O=C1CCc2ccccc2N1CCCN1CCC2(C=Cc3ccccc32)CC1. The first-order valence-corrected chi connectivity index (χ1v) is 10.6. The molecule has 0 atom stereocenters. The van der Waals surface area contributed by atoms with Gasteiger partial charge in [-0.05, 0) is 68.1 Å². The number of allylic oxidation sites excluding steroid dienone is 1. The maximum Gasteiger partial charge on any atom is 0.227 e. The average Bonchev–Trinajstić information content (AvgIpc) is 3.10. The second-order valence-electron chi connectivity index (χ2n) is 8.45. The lowest BCUT2D eigenvalue weighted by molar-refractivity contribution is -0.118. The maximum atomic E-state index is 12.4. The number of carbonyl (C=O) groups is 1. The van der Waals surface area contributed by atoms with E-state index < -0.39 is 0 Å². The molecule has 2 aromatic rings. The fourth-order valence-electron chi connectivity index (χ4n) is 5.24. The van der Waals surface area contributed by atoms with Gasteiger partial charge in [0, 0.05) is 24.1 Å². The number of anilines is 1. The van der Waals surface area contributed by atoms with Crippen molar-refractivity contribution in [3.05, 3.63) is 71.3 Å². The van der Waals surface area contributed by atoms with Crippen molar-refractivity contribution in [1.29, 1.82) is 0 Å².